The number of aryl methyl sites for hydroxylation is 1. The Labute approximate surface area is 89.8 Å². The van der Waals surface area contributed by atoms with E-state index < -0.39 is 15.1 Å². The maximum Gasteiger partial charge on any atom is 0.180 e. The average Bonchev–Trinajstić information content (AvgIpc) is 2.09. The van der Waals surface area contributed by atoms with Crippen molar-refractivity contribution in [2.75, 3.05) is 0 Å². The molecular weight excluding hydrogens is 220 g/mol. The van der Waals surface area contributed by atoms with Gasteiger partial charge in [0, 0.05) is 5.02 Å². The van der Waals surface area contributed by atoms with Gasteiger partial charge in [0.15, 0.2) is 9.84 Å². The first-order valence-electron chi connectivity index (χ1n) is 4.35. The Hall–Kier alpha value is -0.540. The number of benzene rings is 1. The molecule has 0 aliphatic heterocycles. The van der Waals surface area contributed by atoms with E-state index in [-0.39, 0.29) is 0 Å². The third kappa shape index (κ3) is 2.10. The van der Waals surface area contributed by atoms with E-state index in [1.807, 2.05) is 0 Å². The van der Waals surface area contributed by atoms with Gasteiger partial charge in [0.25, 0.3) is 0 Å². The molecule has 78 valence electrons. The van der Waals surface area contributed by atoms with E-state index in [2.05, 4.69) is 0 Å². The van der Waals surface area contributed by atoms with Crippen LogP contribution in [0.5, 0.6) is 0 Å². The Kier molecular flexibility index (Phi) is 3.22. The standard InChI is InChI=1S/C10H13ClO2S/c1-7(2)14(12,13)9-4-5-10(11)8(3)6-9/h4-7H,1-3H3. The van der Waals surface area contributed by atoms with Gasteiger partial charge in [-0.25, -0.2) is 8.42 Å². The minimum atomic E-state index is -3.17. The summed E-state index contributed by atoms with van der Waals surface area (Å²) in [4.78, 5) is 0.342. The van der Waals surface area contributed by atoms with Crippen molar-refractivity contribution in [3.05, 3.63) is 28.8 Å². The lowest BCUT2D eigenvalue weighted by Crippen LogP contribution is -2.13. The Bertz CT molecular complexity index is 435. The second kappa shape index (κ2) is 3.91. The van der Waals surface area contributed by atoms with Gasteiger partial charge in [-0.05, 0) is 44.5 Å². The minimum Gasteiger partial charge on any atom is -0.223 e. The molecule has 0 fully saturated rings. The number of hydrogen-bond donors (Lipinski definition) is 0. The smallest absolute Gasteiger partial charge is 0.180 e. The third-order valence-corrected chi connectivity index (χ3v) is 4.65. The van der Waals surface area contributed by atoms with Crippen molar-refractivity contribution in [1.29, 1.82) is 0 Å². The Morgan fingerprint density at radius 1 is 1.29 bits per heavy atom. The van der Waals surface area contributed by atoms with E-state index in [1.165, 1.54) is 0 Å². The summed E-state index contributed by atoms with van der Waals surface area (Å²) in [7, 11) is -3.17. The molecule has 0 aliphatic carbocycles. The van der Waals surface area contributed by atoms with Gasteiger partial charge in [0.2, 0.25) is 0 Å². The van der Waals surface area contributed by atoms with Crippen LogP contribution in [0.15, 0.2) is 23.1 Å². The van der Waals surface area contributed by atoms with Crippen molar-refractivity contribution in [3.63, 3.8) is 0 Å². The molecule has 0 spiro atoms. The number of sulfone groups is 1. The molecule has 1 rings (SSSR count). The summed E-state index contributed by atoms with van der Waals surface area (Å²) in [5, 5.41) is 0.191. The van der Waals surface area contributed by atoms with Crippen LogP contribution in [-0.2, 0) is 9.84 Å². The molecule has 1 aromatic carbocycles. The van der Waals surface area contributed by atoms with Crippen LogP contribution in [0.1, 0.15) is 19.4 Å². The second-order valence-electron chi connectivity index (χ2n) is 3.50. The summed E-state index contributed by atoms with van der Waals surface area (Å²) in [6, 6.07) is 4.77. The highest BCUT2D eigenvalue weighted by Gasteiger charge is 2.19. The van der Waals surface area contributed by atoms with E-state index >= 15 is 0 Å². The van der Waals surface area contributed by atoms with Crippen LogP contribution in [0.4, 0.5) is 0 Å². The van der Waals surface area contributed by atoms with Gasteiger partial charge in [-0.1, -0.05) is 11.6 Å². The summed E-state index contributed by atoms with van der Waals surface area (Å²) in [6.07, 6.45) is 0. The van der Waals surface area contributed by atoms with Crippen LogP contribution in [0, 0.1) is 6.92 Å². The molecule has 14 heavy (non-hydrogen) atoms. The summed E-state index contributed by atoms with van der Waals surface area (Å²) in [5.41, 5.74) is 0.786. The molecule has 4 heteroatoms. The average molecular weight is 233 g/mol. The third-order valence-electron chi connectivity index (χ3n) is 2.08. The molecule has 1 aromatic rings. The van der Waals surface area contributed by atoms with Crippen LogP contribution < -0.4 is 0 Å². The van der Waals surface area contributed by atoms with Crippen molar-refractivity contribution in [2.24, 2.45) is 0 Å². The molecule has 0 aromatic heterocycles. The van der Waals surface area contributed by atoms with Crippen molar-refractivity contribution in [2.45, 2.75) is 30.9 Å². The van der Waals surface area contributed by atoms with E-state index in [4.69, 9.17) is 11.6 Å². The fraction of sp³-hybridized carbons (Fsp3) is 0.400. The lowest BCUT2D eigenvalue weighted by atomic mass is 10.2. The van der Waals surface area contributed by atoms with E-state index in [0.717, 1.165) is 5.56 Å². The lowest BCUT2D eigenvalue weighted by molar-refractivity contribution is 0.587. The largest absolute Gasteiger partial charge is 0.223 e. The lowest BCUT2D eigenvalue weighted by Gasteiger charge is -2.08. The van der Waals surface area contributed by atoms with Gasteiger partial charge in [-0.3, -0.25) is 0 Å². The van der Waals surface area contributed by atoms with Crippen LogP contribution in [0.25, 0.3) is 0 Å². The number of halogens is 1. The van der Waals surface area contributed by atoms with Gasteiger partial charge in [-0.15, -0.1) is 0 Å². The highest BCUT2D eigenvalue weighted by Crippen LogP contribution is 2.22. The van der Waals surface area contributed by atoms with Gasteiger partial charge in [-0.2, -0.15) is 0 Å². The maximum atomic E-state index is 11.8. The van der Waals surface area contributed by atoms with Gasteiger partial charge in [0.1, 0.15) is 0 Å². The predicted octanol–water partition coefficient (Wildman–Crippen LogP) is 2.83. The molecule has 0 amide bonds. The van der Waals surface area contributed by atoms with Crippen molar-refractivity contribution in [1.82, 2.24) is 0 Å². The normalized spacial score (nSPS) is 12.1. The molecule has 0 N–H and O–H groups in total. The molecule has 0 radical (unpaired) electrons. The second-order valence-corrected chi connectivity index (χ2v) is 6.42. The van der Waals surface area contributed by atoms with Crippen LogP contribution in [0.2, 0.25) is 5.02 Å². The molecule has 0 atom stereocenters. The fourth-order valence-corrected chi connectivity index (χ4v) is 2.33. The minimum absolute atomic E-state index is 0.342. The van der Waals surface area contributed by atoms with Gasteiger partial charge >= 0.3 is 0 Å². The molecule has 0 saturated heterocycles. The van der Waals surface area contributed by atoms with Crippen LogP contribution >= 0.6 is 11.6 Å². The molecule has 2 nitrogen and oxygen atoms in total. The van der Waals surface area contributed by atoms with Crippen molar-refractivity contribution in [3.8, 4) is 0 Å². The first-order chi connectivity index (χ1) is 6.35. The van der Waals surface area contributed by atoms with E-state index in [1.54, 1.807) is 39.0 Å². The molecule has 0 unspecified atom stereocenters. The maximum absolute atomic E-state index is 11.8. The zero-order valence-corrected chi connectivity index (χ0v) is 9.98. The fourth-order valence-electron chi connectivity index (χ4n) is 1.07. The Morgan fingerprint density at radius 3 is 2.29 bits per heavy atom. The predicted molar refractivity (Wildman–Crippen MR) is 58.5 cm³/mol. The van der Waals surface area contributed by atoms with E-state index in [9.17, 15) is 8.42 Å². The SMILES string of the molecule is Cc1cc(S(=O)(=O)C(C)C)ccc1Cl. The van der Waals surface area contributed by atoms with E-state index in [0.29, 0.717) is 9.92 Å². The molecule has 0 saturated carbocycles. The number of rotatable bonds is 2. The topological polar surface area (TPSA) is 34.1 Å². The summed E-state index contributed by atoms with van der Waals surface area (Å²) < 4.78 is 23.5. The zero-order valence-electron chi connectivity index (χ0n) is 8.41. The quantitative estimate of drug-likeness (QED) is 0.786. The van der Waals surface area contributed by atoms with Gasteiger partial charge in [0.05, 0.1) is 10.1 Å². The molecule has 0 aliphatic rings. The molecule has 0 bridgehead atoms. The zero-order chi connectivity index (χ0) is 10.9. The first kappa shape index (κ1) is 11.5. The van der Waals surface area contributed by atoms with Crippen molar-refractivity contribution < 1.29 is 8.42 Å². The highest BCUT2D eigenvalue weighted by molar-refractivity contribution is 7.92. The highest BCUT2D eigenvalue weighted by atomic mass is 35.5. The summed E-state index contributed by atoms with van der Waals surface area (Å²) in [5.74, 6) is 0. The first-order valence-corrected chi connectivity index (χ1v) is 6.28. The summed E-state index contributed by atoms with van der Waals surface area (Å²) >= 11 is 5.82. The monoisotopic (exact) mass is 232 g/mol. The van der Waals surface area contributed by atoms with Crippen LogP contribution in [-0.4, -0.2) is 13.7 Å². The molecule has 0 heterocycles. The Morgan fingerprint density at radius 2 is 1.86 bits per heavy atom. The summed E-state index contributed by atoms with van der Waals surface area (Å²) in [6.45, 7) is 5.13. The van der Waals surface area contributed by atoms with Crippen LogP contribution in [0.3, 0.4) is 0 Å². The molecular formula is C10H13ClO2S. The number of hydrogen-bond acceptors (Lipinski definition) is 2. The van der Waals surface area contributed by atoms with Crippen molar-refractivity contribution >= 4 is 21.4 Å². The van der Waals surface area contributed by atoms with Gasteiger partial charge < -0.3 is 0 Å². The Balaban J connectivity index is 3.29.